The molecule has 0 bridgehead atoms. The van der Waals surface area contributed by atoms with Gasteiger partial charge in [-0.1, -0.05) is 66.4 Å². The van der Waals surface area contributed by atoms with E-state index in [4.69, 9.17) is 0 Å². The molecule has 0 aliphatic rings. The molecule has 0 aliphatic heterocycles. The first-order valence-electron chi connectivity index (χ1n) is 7.63. The molecule has 0 heteroatoms. The third kappa shape index (κ3) is 8.46. The van der Waals surface area contributed by atoms with E-state index in [1.54, 1.807) is 0 Å². The zero-order valence-electron chi connectivity index (χ0n) is 12.8. The van der Waals surface area contributed by atoms with Crippen molar-refractivity contribution in [2.75, 3.05) is 0 Å². The Morgan fingerprint density at radius 1 is 0.941 bits per heavy atom. The van der Waals surface area contributed by atoms with E-state index in [0.717, 1.165) is 23.7 Å². The molecule has 3 atom stereocenters. The summed E-state index contributed by atoms with van der Waals surface area (Å²) in [4.78, 5) is 0. The molecule has 0 radical (unpaired) electrons. The Hall–Kier alpha value is -0.260. The lowest BCUT2D eigenvalue weighted by atomic mass is 9.85. The second-order valence-corrected chi connectivity index (χ2v) is 6.30. The van der Waals surface area contributed by atoms with Gasteiger partial charge in [-0.05, 0) is 36.5 Å². The molecule has 102 valence electrons. The van der Waals surface area contributed by atoms with Crippen LogP contribution in [0, 0.1) is 23.7 Å². The first-order valence-corrected chi connectivity index (χ1v) is 7.63. The monoisotopic (exact) mass is 238 g/mol. The molecular weight excluding hydrogens is 204 g/mol. The highest BCUT2D eigenvalue weighted by atomic mass is 14.2. The van der Waals surface area contributed by atoms with Crippen molar-refractivity contribution < 1.29 is 0 Å². The van der Waals surface area contributed by atoms with Gasteiger partial charge in [0.15, 0.2) is 0 Å². The maximum Gasteiger partial charge on any atom is -0.0234 e. The largest absolute Gasteiger partial charge is 0.103 e. The predicted octanol–water partition coefficient (Wildman–Crippen LogP) is 6.08. The fraction of sp³-hybridized carbons (Fsp3) is 0.882. The number of allylic oxidation sites excluding steroid dienone is 1. The molecule has 0 N–H and O–H groups in total. The molecule has 17 heavy (non-hydrogen) atoms. The van der Waals surface area contributed by atoms with Crippen molar-refractivity contribution in [1.29, 1.82) is 0 Å². The minimum atomic E-state index is 0.740. The molecule has 0 aromatic heterocycles. The summed E-state index contributed by atoms with van der Waals surface area (Å²) in [7, 11) is 0. The highest BCUT2D eigenvalue weighted by Gasteiger charge is 2.12. The summed E-state index contributed by atoms with van der Waals surface area (Å²) in [5, 5.41) is 0. The van der Waals surface area contributed by atoms with Crippen molar-refractivity contribution >= 4 is 0 Å². The molecule has 0 rings (SSSR count). The quantitative estimate of drug-likeness (QED) is 0.405. The van der Waals surface area contributed by atoms with E-state index in [0.29, 0.717) is 0 Å². The molecular formula is C17H34. The average molecular weight is 238 g/mol. The maximum atomic E-state index is 3.98. The molecule has 0 amide bonds. The summed E-state index contributed by atoms with van der Waals surface area (Å²) in [5.74, 6) is 3.32. The zero-order valence-corrected chi connectivity index (χ0v) is 12.8. The van der Waals surface area contributed by atoms with Crippen molar-refractivity contribution in [1.82, 2.24) is 0 Å². The first-order chi connectivity index (χ1) is 8.01. The smallest absolute Gasteiger partial charge is 0.0234 e. The number of hydrogen-bond acceptors (Lipinski definition) is 0. The maximum absolute atomic E-state index is 3.98. The van der Waals surface area contributed by atoms with Crippen LogP contribution in [0.1, 0.15) is 73.1 Å². The SMILES string of the molecule is C=CC(CCCC(C)C(C)CCC)CC(C)C. The number of hydrogen-bond donors (Lipinski definition) is 0. The van der Waals surface area contributed by atoms with Gasteiger partial charge < -0.3 is 0 Å². The van der Waals surface area contributed by atoms with Gasteiger partial charge in [-0.25, -0.2) is 0 Å². The molecule has 0 fully saturated rings. The molecule has 0 aromatic carbocycles. The van der Waals surface area contributed by atoms with E-state index in [2.05, 4.69) is 47.3 Å². The molecule has 0 heterocycles. The van der Waals surface area contributed by atoms with E-state index in [1.807, 2.05) is 0 Å². The first kappa shape index (κ1) is 16.7. The standard InChI is InChI=1S/C17H34/c1-7-10-15(5)16(6)11-9-12-17(8-2)13-14(3)4/h8,14-17H,2,7,9-13H2,1,3-6H3. The minimum absolute atomic E-state index is 0.740. The summed E-state index contributed by atoms with van der Waals surface area (Å²) in [5.41, 5.74) is 0. The van der Waals surface area contributed by atoms with Crippen LogP contribution in [0.15, 0.2) is 12.7 Å². The summed E-state index contributed by atoms with van der Waals surface area (Å²) in [6.07, 6.45) is 10.3. The Bertz CT molecular complexity index is 180. The number of rotatable bonds is 10. The third-order valence-electron chi connectivity index (χ3n) is 4.06. The Labute approximate surface area is 110 Å². The highest BCUT2D eigenvalue weighted by Crippen LogP contribution is 2.25. The summed E-state index contributed by atoms with van der Waals surface area (Å²) < 4.78 is 0. The van der Waals surface area contributed by atoms with E-state index >= 15 is 0 Å². The van der Waals surface area contributed by atoms with Crippen LogP contribution in [0.2, 0.25) is 0 Å². The normalized spacial score (nSPS) is 16.8. The molecule has 0 aliphatic carbocycles. The fourth-order valence-corrected chi connectivity index (χ4v) is 2.66. The van der Waals surface area contributed by atoms with Crippen LogP contribution in [-0.4, -0.2) is 0 Å². The fourth-order valence-electron chi connectivity index (χ4n) is 2.66. The van der Waals surface area contributed by atoms with Gasteiger partial charge in [-0.2, -0.15) is 0 Å². The van der Waals surface area contributed by atoms with Gasteiger partial charge in [-0.15, -0.1) is 6.58 Å². The van der Waals surface area contributed by atoms with Gasteiger partial charge >= 0.3 is 0 Å². The van der Waals surface area contributed by atoms with Crippen molar-refractivity contribution in [3.63, 3.8) is 0 Å². The molecule has 0 saturated carbocycles. The summed E-state index contributed by atoms with van der Waals surface area (Å²) in [6.45, 7) is 15.7. The molecule has 0 aromatic rings. The summed E-state index contributed by atoms with van der Waals surface area (Å²) in [6, 6.07) is 0. The minimum Gasteiger partial charge on any atom is -0.103 e. The van der Waals surface area contributed by atoms with Crippen molar-refractivity contribution in [3.05, 3.63) is 12.7 Å². The van der Waals surface area contributed by atoms with Gasteiger partial charge in [0.05, 0.1) is 0 Å². The van der Waals surface area contributed by atoms with Crippen molar-refractivity contribution in [2.24, 2.45) is 23.7 Å². The van der Waals surface area contributed by atoms with Crippen LogP contribution in [0.5, 0.6) is 0 Å². The Balaban J connectivity index is 3.76. The molecule has 0 spiro atoms. The van der Waals surface area contributed by atoms with Crippen LogP contribution < -0.4 is 0 Å². The third-order valence-corrected chi connectivity index (χ3v) is 4.06. The molecule has 3 unspecified atom stereocenters. The van der Waals surface area contributed by atoms with Crippen molar-refractivity contribution in [2.45, 2.75) is 73.1 Å². The average Bonchev–Trinajstić information content (AvgIpc) is 2.27. The zero-order chi connectivity index (χ0) is 13.3. The van der Waals surface area contributed by atoms with Crippen LogP contribution in [0.25, 0.3) is 0 Å². The second-order valence-electron chi connectivity index (χ2n) is 6.30. The van der Waals surface area contributed by atoms with Gasteiger partial charge in [-0.3, -0.25) is 0 Å². The predicted molar refractivity (Wildman–Crippen MR) is 80.2 cm³/mol. The van der Waals surface area contributed by atoms with E-state index in [1.165, 1.54) is 38.5 Å². The summed E-state index contributed by atoms with van der Waals surface area (Å²) >= 11 is 0. The van der Waals surface area contributed by atoms with Crippen LogP contribution >= 0.6 is 0 Å². The van der Waals surface area contributed by atoms with Crippen molar-refractivity contribution in [3.8, 4) is 0 Å². The Morgan fingerprint density at radius 2 is 1.53 bits per heavy atom. The van der Waals surface area contributed by atoms with Crippen LogP contribution in [-0.2, 0) is 0 Å². The second kappa shape index (κ2) is 9.74. The molecule has 0 nitrogen and oxygen atoms in total. The molecule has 0 saturated heterocycles. The Kier molecular flexibility index (Phi) is 9.59. The topological polar surface area (TPSA) is 0 Å². The van der Waals surface area contributed by atoms with Gasteiger partial charge in [0.1, 0.15) is 0 Å². The van der Waals surface area contributed by atoms with Crippen LogP contribution in [0.3, 0.4) is 0 Å². The lowest BCUT2D eigenvalue weighted by Crippen LogP contribution is -2.09. The van der Waals surface area contributed by atoms with Crippen LogP contribution in [0.4, 0.5) is 0 Å². The van der Waals surface area contributed by atoms with E-state index < -0.39 is 0 Å². The lowest BCUT2D eigenvalue weighted by Gasteiger charge is -2.21. The highest BCUT2D eigenvalue weighted by molar-refractivity contribution is 4.80. The lowest BCUT2D eigenvalue weighted by molar-refractivity contribution is 0.320. The van der Waals surface area contributed by atoms with E-state index in [-0.39, 0.29) is 0 Å². The van der Waals surface area contributed by atoms with E-state index in [9.17, 15) is 0 Å². The van der Waals surface area contributed by atoms with Gasteiger partial charge in [0.2, 0.25) is 0 Å². The van der Waals surface area contributed by atoms with Gasteiger partial charge in [0, 0.05) is 0 Å². The Morgan fingerprint density at radius 3 is 2.00 bits per heavy atom. The van der Waals surface area contributed by atoms with Gasteiger partial charge in [0.25, 0.3) is 0 Å².